The molecule has 2 heterocycles. The van der Waals surface area contributed by atoms with Crippen LogP contribution in [0.2, 0.25) is 0 Å². The van der Waals surface area contributed by atoms with Crippen molar-refractivity contribution >= 4 is 11.1 Å². The lowest BCUT2D eigenvalue weighted by atomic mass is 10.1. The number of hydrogen-bond donors (Lipinski definition) is 1. The highest BCUT2D eigenvalue weighted by Gasteiger charge is 2.15. The number of aliphatic hydroxyl groups is 1. The summed E-state index contributed by atoms with van der Waals surface area (Å²) in [7, 11) is 0. The summed E-state index contributed by atoms with van der Waals surface area (Å²) >= 11 is 0. The summed E-state index contributed by atoms with van der Waals surface area (Å²) in [6.07, 6.45) is 4.39. The Labute approximate surface area is 106 Å². The zero-order valence-electron chi connectivity index (χ0n) is 10.4. The standard InChI is InChI=1S/C14H18N2O2/c17-13(5-8-16-6-1-2-7-16)11-3-4-14-12(9-11)15-10-18-14/h3-4,9-10,13,17H,1-2,5-8H2. The fourth-order valence-electron chi connectivity index (χ4n) is 2.56. The van der Waals surface area contributed by atoms with E-state index in [-0.39, 0.29) is 0 Å². The molecule has 1 aromatic heterocycles. The molecule has 1 aliphatic heterocycles. The average molecular weight is 246 g/mol. The highest BCUT2D eigenvalue weighted by Crippen LogP contribution is 2.22. The van der Waals surface area contributed by atoms with Gasteiger partial charge in [0, 0.05) is 6.54 Å². The summed E-state index contributed by atoms with van der Waals surface area (Å²) in [5.74, 6) is 0. The molecule has 1 N–H and O–H groups in total. The van der Waals surface area contributed by atoms with Gasteiger partial charge in [-0.25, -0.2) is 4.98 Å². The lowest BCUT2D eigenvalue weighted by Gasteiger charge is -2.17. The van der Waals surface area contributed by atoms with Gasteiger partial charge in [0.15, 0.2) is 12.0 Å². The largest absolute Gasteiger partial charge is 0.443 e. The minimum Gasteiger partial charge on any atom is -0.443 e. The summed E-state index contributed by atoms with van der Waals surface area (Å²) in [5.41, 5.74) is 2.51. The Morgan fingerprint density at radius 3 is 3.00 bits per heavy atom. The Bertz CT molecular complexity index is 517. The van der Waals surface area contributed by atoms with Crippen molar-refractivity contribution in [1.82, 2.24) is 9.88 Å². The Kier molecular flexibility index (Phi) is 3.30. The van der Waals surface area contributed by atoms with E-state index in [1.807, 2.05) is 18.2 Å². The Balaban J connectivity index is 1.65. The van der Waals surface area contributed by atoms with Gasteiger partial charge in [0.2, 0.25) is 0 Å². The van der Waals surface area contributed by atoms with Crippen LogP contribution in [0.25, 0.3) is 11.1 Å². The molecule has 96 valence electrons. The maximum absolute atomic E-state index is 10.2. The van der Waals surface area contributed by atoms with Gasteiger partial charge in [0.05, 0.1) is 6.10 Å². The van der Waals surface area contributed by atoms with Crippen LogP contribution < -0.4 is 0 Å². The van der Waals surface area contributed by atoms with Crippen LogP contribution in [0.4, 0.5) is 0 Å². The van der Waals surface area contributed by atoms with Crippen molar-refractivity contribution in [3.8, 4) is 0 Å². The second-order valence-corrected chi connectivity index (χ2v) is 4.93. The molecular formula is C14H18N2O2. The van der Waals surface area contributed by atoms with E-state index in [4.69, 9.17) is 4.42 Å². The topological polar surface area (TPSA) is 49.5 Å². The molecule has 0 spiro atoms. The maximum atomic E-state index is 10.2. The number of oxazole rings is 1. The third-order valence-corrected chi connectivity index (χ3v) is 3.66. The van der Waals surface area contributed by atoms with E-state index in [9.17, 15) is 5.11 Å². The predicted octanol–water partition coefficient (Wildman–Crippen LogP) is 2.35. The number of rotatable bonds is 4. The zero-order chi connectivity index (χ0) is 12.4. The molecule has 0 amide bonds. The number of benzene rings is 1. The van der Waals surface area contributed by atoms with Crippen LogP contribution in [0.3, 0.4) is 0 Å². The first-order valence-corrected chi connectivity index (χ1v) is 6.56. The minimum absolute atomic E-state index is 0.410. The first kappa shape index (κ1) is 11.7. The fraction of sp³-hybridized carbons (Fsp3) is 0.500. The number of nitrogens with zero attached hydrogens (tertiary/aromatic N) is 2. The van der Waals surface area contributed by atoms with Gasteiger partial charge in [-0.2, -0.15) is 0 Å². The van der Waals surface area contributed by atoms with Gasteiger partial charge in [0.25, 0.3) is 0 Å². The first-order chi connectivity index (χ1) is 8.83. The van der Waals surface area contributed by atoms with Gasteiger partial charge in [-0.05, 0) is 50.0 Å². The van der Waals surface area contributed by atoms with Crippen molar-refractivity contribution in [2.75, 3.05) is 19.6 Å². The number of fused-ring (bicyclic) bond motifs is 1. The monoisotopic (exact) mass is 246 g/mol. The SMILES string of the molecule is OC(CCN1CCCC1)c1ccc2ocnc2c1. The molecule has 4 heteroatoms. The summed E-state index contributed by atoms with van der Waals surface area (Å²) in [4.78, 5) is 6.53. The summed E-state index contributed by atoms with van der Waals surface area (Å²) in [6, 6.07) is 5.70. The second-order valence-electron chi connectivity index (χ2n) is 4.93. The Hall–Kier alpha value is -1.39. The summed E-state index contributed by atoms with van der Waals surface area (Å²) < 4.78 is 5.19. The van der Waals surface area contributed by atoms with Crippen molar-refractivity contribution in [1.29, 1.82) is 0 Å². The van der Waals surface area contributed by atoms with Gasteiger partial charge in [-0.1, -0.05) is 6.07 Å². The predicted molar refractivity (Wildman–Crippen MR) is 69.3 cm³/mol. The molecule has 4 nitrogen and oxygen atoms in total. The van der Waals surface area contributed by atoms with Crippen LogP contribution in [0.5, 0.6) is 0 Å². The van der Waals surface area contributed by atoms with Crippen LogP contribution in [0, 0.1) is 0 Å². The quantitative estimate of drug-likeness (QED) is 0.899. The molecule has 1 aromatic carbocycles. The molecule has 0 radical (unpaired) electrons. The third-order valence-electron chi connectivity index (χ3n) is 3.66. The van der Waals surface area contributed by atoms with E-state index in [0.29, 0.717) is 0 Å². The number of likely N-dealkylation sites (tertiary alicyclic amines) is 1. The van der Waals surface area contributed by atoms with Crippen molar-refractivity contribution in [2.45, 2.75) is 25.4 Å². The van der Waals surface area contributed by atoms with E-state index < -0.39 is 6.10 Å². The highest BCUT2D eigenvalue weighted by atomic mass is 16.3. The molecule has 1 aliphatic rings. The van der Waals surface area contributed by atoms with E-state index in [0.717, 1.165) is 29.6 Å². The van der Waals surface area contributed by atoms with Gasteiger partial charge < -0.3 is 14.4 Å². The van der Waals surface area contributed by atoms with Crippen LogP contribution in [0.15, 0.2) is 29.0 Å². The van der Waals surface area contributed by atoms with Gasteiger partial charge in [0.1, 0.15) is 5.52 Å². The van der Waals surface area contributed by atoms with Crippen molar-refractivity contribution < 1.29 is 9.52 Å². The van der Waals surface area contributed by atoms with Crippen molar-refractivity contribution in [2.24, 2.45) is 0 Å². The lowest BCUT2D eigenvalue weighted by Crippen LogP contribution is -2.22. The molecule has 18 heavy (non-hydrogen) atoms. The van der Waals surface area contributed by atoms with Crippen LogP contribution in [0.1, 0.15) is 30.9 Å². The highest BCUT2D eigenvalue weighted by molar-refractivity contribution is 5.72. The van der Waals surface area contributed by atoms with Gasteiger partial charge in [-0.15, -0.1) is 0 Å². The molecule has 0 saturated carbocycles. The lowest BCUT2D eigenvalue weighted by molar-refractivity contribution is 0.149. The number of aromatic nitrogens is 1. The average Bonchev–Trinajstić information content (AvgIpc) is 3.05. The van der Waals surface area contributed by atoms with Crippen molar-refractivity contribution in [3.63, 3.8) is 0 Å². The summed E-state index contributed by atoms with van der Waals surface area (Å²) in [5, 5.41) is 10.2. The number of hydrogen-bond acceptors (Lipinski definition) is 4. The van der Waals surface area contributed by atoms with E-state index in [2.05, 4.69) is 9.88 Å². The molecular weight excluding hydrogens is 228 g/mol. The second kappa shape index (κ2) is 5.08. The zero-order valence-corrected chi connectivity index (χ0v) is 10.4. The normalized spacial score (nSPS) is 18.5. The molecule has 0 bridgehead atoms. The Morgan fingerprint density at radius 2 is 2.17 bits per heavy atom. The first-order valence-electron chi connectivity index (χ1n) is 6.56. The molecule has 2 aromatic rings. The molecule has 1 unspecified atom stereocenters. The molecule has 0 aliphatic carbocycles. The van der Waals surface area contributed by atoms with Crippen LogP contribution >= 0.6 is 0 Å². The summed E-state index contributed by atoms with van der Waals surface area (Å²) in [6.45, 7) is 3.32. The molecule has 3 rings (SSSR count). The van der Waals surface area contributed by atoms with E-state index in [1.165, 1.54) is 32.3 Å². The third kappa shape index (κ3) is 2.40. The minimum atomic E-state index is -0.410. The number of aliphatic hydroxyl groups excluding tert-OH is 1. The molecule has 1 atom stereocenters. The van der Waals surface area contributed by atoms with Crippen LogP contribution in [-0.2, 0) is 0 Å². The fourth-order valence-corrected chi connectivity index (χ4v) is 2.56. The molecule has 1 saturated heterocycles. The van der Waals surface area contributed by atoms with E-state index in [1.54, 1.807) is 0 Å². The van der Waals surface area contributed by atoms with Gasteiger partial charge in [-0.3, -0.25) is 0 Å². The molecule has 1 fully saturated rings. The maximum Gasteiger partial charge on any atom is 0.181 e. The van der Waals surface area contributed by atoms with Crippen molar-refractivity contribution in [3.05, 3.63) is 30.2 Å². The van der Waals surface area contributed by atoms with E-state index >= 15 is 0 Å². The van der Waals surface area contributed by atoms with Gasteiger partial charge >= 0.3 is 0 Å². The van der Waals surface area contributed by atoms with Crippen LogP contribution in [-0.4, -0.2) is 34.6 Å². The Morgan fingerprint density at radius 1 is 1.33 bits per heavy atom. The smallest absolute Gasteiger partial charge is 0.181 e.